The van der Waals surface area contributed by atoms with Crippen molar-refractivity contribution in [2.24, 2.45) is 0 Å². The third-order valence-electron chi connectivity index (χ3n) is 5.01. The van der Waals surface area contributed by atoms with Crippen LogP contribution in [0.2, 0.25) is 0 Å². The van der Waals surface area contributed by atoms with E-state index in [2.05, 4.69) is 22.5 Å². The number of rotatable bonds is 4. The minimum atomic E-state index is -0.378. The first-order valence-electron chi connectivity index (χ1n) is 9.46. The molecule has 0 aliphatic carbocycles. The van der Waals surface area contributed by atoms with Crippen LogP contribution in [0, 0.1) is 5.82 Å². The number of halogens is 1. The maximum Gasteiger partial charge on any atom is 0.252 e. The molecule has 3 aromatic rings. The second-order valence-corrected chi connectivity index (χ2v) is 7.11. The minimum Gasteiger partial charge on any atom is -0.436 e. The summed E-state index contributed by atoms with van der Waals surface area (Å²) >= 11 is 0. The normalized spacial score (nSPS) is 19.4. The Bertz CT molecular complexity index is 985. The van der Waals surface area contributed by atoms with Gasteiger partial charge in [0.15, 0.2) is 5.76 Å². The van der Waals surface area contributed by atoms with Gasteiger partial charge in [-0.15, -0.1) is 0 Å². The van der Waals surface area contributed by atoms with Gasteiger partial charge in [0.2, 0.25) is 5.89 Å². The van der Waals surface area contributed by atoms with E-state index in [4.69, 9.17) is 4.42 Å². The number of carbonyl (C=O) groups excluding carboxylic acids is 1. The molecule has 1 fully saturated rings. The van der Waals surface area contributed by atoms with Crippen molar-refractivity contribution in [2.75, 3.05) is 6.54 Å². The standard InChI is InChI=1S/C22H22FN3O2/c1-14-12-15(10-11-24-14)26-21(27)16-6-2-3-7-17(16)22-25-13-20(28-22)18-8-4-5-9-19(18)23/h2-9,13-15,24H,10-12H2,1H3,(H,26,27). The van der Waals surface area contributed by atoms with Crippen molar-refractivity contribution in [3.05, 3.63) is 66.1 Å². The van der Waals surface area contributed by atoms with Crippen molar-refractivity contribution in [1.82, 2.24) is 15.6 Å². The minimum absolute atomic E-state index is 0.135. The summed E-state index contributed by atoms with van der Waals surface area (Å²) in [6.45, 7) is 3.00. The lowest BCUT2D eigenvalue weighted by atomic mass is 9.99. The summed E-state index contributed by atoms with van der Waals surface area (Å²) in [7, 11) is 0. The van der Waals surface area contributed by atoms with Crippen molar-refractivity contribution in [3.8, 4) is 22.8 Å². The Morgan fingerprint density at radius 2 is 1.93 bits per heavy atom. The Labute approximate surface area is 163 Å². The zero-order chi connectivity index (χ0) is 19.5. The van der Waals surface area contributed by atoms with Gasteiger partial charge in [-0.2, -0.15) is 0 Å². The second kappa shape index (κ2) is 7.94. The van der Waals surface area contributed by atoms with Crippen LogP contribution < -0.4 is 10.6 Å². The largest absolute Gasteiger partial charge is 0.436 e. The van der Waals surface area contributed by atoms with Gasteiger partial charge in [-0.25, -0.2) is 9.37 Å². The molecule has 0 radical (unpaired) electrons. The molecule has 28 heavy (non-hydrogen) atoms. The molecule has 144 valence electrons. The van der Waals surface area contributed by atoms with Crippen molar-refractivity contribution >= 4 is 5.91 Å². The van der Waals surface area contributed by atoms with E-state index in [-0.39, 0.29) is 17.8 Å². The van der Waals surface area contributed by atoms with Crippen molar-refractivity contribution in [3.63, 3.8) is 0 Å². The number of carbonyl (C=O) groups is 1. The Morgan fingerprint density at radius 1 is 1.18 bits per heavy atom. The van der Waals surface area contributed by atoms with Crippen molar-refractivity contribution < 1.29 is 13.6 Å². The van der Waals surface area contributed by atoms with Gasteiger partial charge in [-0.3, -0.25) is 4.79 Å². The number of oxazole rings is 1. The van der Waals surface area contributed by atoms with E-state index >= 15 is 0 Å². The van der Waals surface area contributed by atoms with E-state index < -0.39 is 0 Å². The van der Waals surface area contributed by atoms with Crippen LogP contribution in [0.4, 0.5) is 4.39 Å². The molecule has 1 amide bonds. The van der Waals surface area contributed by atoms with Gasteiger partial charge >= 0.3 is 0 Å². The number of piperidine rings is 1. The Morgan fingerprint density at radius 3 is 2.71 bits per heavy atom. The van der Waals surface area contributed by atoms with Crippen LogP contribution in [0.5, 0.6) is 0 Å². The predicted octanol–water partition coefficient (Wildman–Crippen LogP) is 4.02. The predicted molar refractivity (Wildman–Crippen MR) is 105 cm³/mol. The van der Waals surface area contributed by atoms with Crippen LogP contribution in [0.15, 0.2) is 59.1 Å². The monoisotopic (exact) mass is 379 g/mol. The number of amides is 1. The number of hydrogen-bond acceptors (Lipinski definition) is 4. The summed E-state index contributed by atoms with van der Waals surface area (Å²) in [5.41, 5.74) is 1.42. The van der Waals surface area contributed by atoms with E-state index in [1.165, 1.54) is 12.3 Å². The fraction of sp³-hybridized carbons (Fsp3) is 0.273. The first-order chi connectivity index (χ1) is 13.6. The van der Waals surface area contributed by atoms with E-state index in [0.717, 1.165) is 19.4 Å². The Balaban J connectivity index is 1.60. The SMILES string of the molecule is CC1CC(NC(=O)c2ccccc2-c2ncc(-c3ccccc3F)o2)CCN1. The molecule has 6 heteroatoms. The van der Waals surface area contributed by atoms with Gasteiger partial charge < -0.3 is 15.1 Å². The van der Waals surface area contributed by atoms with Crippen LogP contribution in [0.1, 0.15) is 30.1 Å². The smallest absolute Gasteiger partial charge is 0.252 e. The summed E-state index contributed by atoms with van der Waals surface area (Å²) < 4.78 is 19.8. The second-order valence-electron chi connectivity index (χ2n) is 7.11. The van der Waals surface area contributed by atoms with Crippen molar-refractivity contribution in [2.45, 2.75) is 31.8 Å². The van der Waals surface area contributed by atoms with Crippen LogP contribution in [0.25, 0.3) is 22.8 Å². The molecule has 0 bridgehead atoms. The zero-order valence-corrected chi connectivity index (χ0v) is 15.6. The number of nitrogens with one attached hydrogen (secondary N) is 2. The molecular formula is C22H22FN3O2. The van der Waals surface area contributed by atoms with Gasteiger partial charge in [0.05, 0.1) is 17.3 Å². The first-order valence-corrected chi connectivity index (χ1v) is 9.46. The first kappa shape index (κ1) is 18.4. The molecule has 4 rings (SSSR count). The van der Waals surface area contributed by atoms with Gasteiger partial charge in [-0.1, -0.05) is 24.3 Å². The number of hydrogen-bond donors (Lipinski definition) is 2. The number of aromatic nitrogens is 1. The Kier molecular flexibility index (Phi) is 5.21. The molecule has 5 nitrogen and oxygen atoms in total. The topological polar surface area (TPSA) is 67.2 Å². The molecule has 2 atom stereocenters. The summed E-state index contributed by atoms with van der Waals surface area (Å²) in [5.74, 6) is 0.0924. The van der Waals surface area contributed by atoms with Crippen molar-refractivity contribution in [1.29, 1.82) is 0 Å². The molecule has 0 spiro atoms. The Hall–Kier alpha value is -2.99. The maximum atomic E-state index is 14.0. The molecule has 2 aromatic carbocycles. The number of benzene rings is 2. The third kappa shape index (κ3) is 3.82. The maximum absolute atomic E-state index is 14.0. The van der Waals surface area contributed by atoms with Crippen LogP contribution in [-0.4, -0.2) is 29.5 Å². The van der Waals surface area contributed by atoms with Gasteiger partial charge in [-0.05, 0) is 50.6 Å². The number of nitrogens with zero attached hydrogens (tertiary/aromatic N) is 1. The van der Waals surface area contributed by atoms with Crippen LogP contribution in [-0.2, 0) is 0 Å². The van der Waals surface area contributed by atoms with Gasteiger partial charge in [0.25, 0.3) is 5.91 Å². The highest BCUT2D eigenvalue weighted by molar-refractivity contribution is 6.00. The van der Waals surface area contributed by atoms with Crippen LogP contribution in [0.3, 0.4) is 0 Å². The molecule has 2 unspecified atom stereocenters. The highest BCUT2D eigenvalue weighted by Crippen LogP contribution is 2.29. The summed E-state index contributed by atoms with van der Waals surface area (Å²) in [6.07, 6.45) is 3.27. The molecule has 0 saturated carbocycles. The van der Waals surface area contributed by atoms with Gasteiger partial charge in [0, 0.05) is 17.6 Å². The van der Waals surface area contributed by atoms with E-state index in [0.29, 0.717) is 34.4 Å². The third-order valence-corrected chi connectivity index (χ3v) is 5.01. The molecule has 1 saturated heterocycles. The molecule has 1 aliphatic rings. The van der Waals surface area contributed by atoms with E-state index in [9.17, 15) is 9.18 Å². The summed E-state index contributed by atoms with van der Waals surface area (Å²) in [4.78, 5) is 17.2. The average molecular weight is 379 g/mol. The lowest BCUT2D eigenvalue weighted by Crippen LogP contribution is -2.46. The molecule has 1 aliphatic heterocycles. The molecule has 2 heterocycles. The van der Waals surface area contributed by atoms with Crippen LogP contribution >= 0.6 is 0 Å². The zero-order valence-electron chi connectivity index (χ0n) is 15.6. The van der Waals surface area contributed by atoms with Gasteiger partial charge in [0.1, 0.15) is 5.82 Å². The van der Waals surface area contributed by atoms with E-state index in [1.54, 1.807) is 30.3 Å². The van der Waals surface area contributed by atoms with E-state index in [1.807, 2.05) is 12.1 Å². The fourth-order valence-corrected chi connectivity index (χ4v) is 3.58. The average Bonchev–Trinajstić information content (AvgIpc) is 3.18. The highest BCUT2D eigenvalue weighted by atomic mass is 19.1. The lowest BCUT2D eigenvalue weighted by Gasteiger charge is -2.28. The molecular weight excluding hydrogens is 357 g/mol. The molecule has 1 aromatic heterocycles. The highest BCUT2D eigenvalue weighted by Gasteiger charge is 2.23. The fourth-order valence-electron chi connectivity index (χ4n) is 3.58. The quantitative estimate of drug-likeness (QED) is 0.719. The molecule has 2 N–H and O–H groups in total. The summed E-state index contributed by atoms with van der Waals surface area (Å²) in [6, 6.07) is 14.1. The summed E-state index contributed by atoms with van der Waals surface area (Å²) in [5, 5.41) is 6.49. The lowest BCUT2D eigenvalue weighted by molar-refractivity contribution is 0.0926.